The van der Waals surface area contributed by atoms with Gasteiger partial charge in [-0.2, -0.15) is 0 Å². The van der Waals surface area contributed by atoms with Crippen molar-refractivity contribution in [2.24, 2.45) is 0 Å². The van der Waals surface area contributed by atoms with E-state index in [1.807, 2.05) is 12.1 Å². The van der Waals surface area contributed by atoms with Gasteiger partial charge in [-0.05, 0) is 61.0 Å². The van der Waals surface area contributed by atoms with Crippen LogP contribution in [0.1, 0.15) is 18.5 Å². The fourth-order valence-electron chi connectivity index (χ4n) is 3.12. The van der Waals surface area contributed by atoms with E-state index in [0.29, 0.717) is 29.1 Å². The third kappa shape index (κ3) is 4.10. The van der Waals surface area contributed by atoms with Gasteiger partial charge in [0.15, 0.2) is 5.58 Å². The molecule has 0 aliphatic heterocycles. The van der Waals surface area contributed by atoms with Gasteiger partial charge in [0.25, 0.3) is 0 Å². The van der Waals surface area contributed by atoms with Crippen molar-refractivity contribution in [3.63, 3.8) is 0 Å². The predicted molar refractivity (Wildman–Crippen MR) is 110 cm³/mol. The molecule has 1 aromatic heterocycles. The third-order valence-corrected chi connectivity index (χ3v) is 4.72. The van der Waals surface area contributed by atoms with Crippen molar-refractivity contribution in [3.8, 4) is 11.5 Å². The number of halogens is 1. The van der Waals surface area contributed by atoms with Crippen LogP contribution in [0.25, 0.3) is 11.1 Å². The van der Waals surface area contributed by atoms with Crippen LogP contribution in [0.3, 0.4) is 0 Å². The highest BCUT2D eigenvalue weighted by molar-refractivity contribution is 5.82. The van der Waals surface area contributed by atoms with Crippen LogP contribution in [-0.4, -0.2) is 10.5 Å². The Morgan fingerprint density at radius 3 is 2.37 bits per heavy atom. The van der Waals surface area contributed by atoms with Crippen LogP contribution in [0.4, 0.5) is 4.39 Å². The fraction of sp³-hybridized carbons (Fsp3) is 0.130. The van der Waals surface area contributed by atoms with E-state index in [-0.39, 0.29) is 11.7 Å². The molecule has 0 spiro atoms. The largest absolute Gasteiger partial charge is 0.457 e. The molecular weight excluding hydrogens is 387 g/mol. The maximum absolute atomic E-state index is 13.0. The van der Waals surface area contributed by atoms with Crippen LogP contribution < -0.4 is 15.8 Å². The number of nitrogens with one attached hydrogen (secondary N) is 1. The first-order chi connectivity index (χ1) is 14.5. The lowest BCUT2D eigenvalue weighted by molar-refractivity contribution is -0.124. The second-order valence-electron chi connectivity index (χ2n) is 6.80. The number of benzene rings is 3. The summed E-state index contributed by atoms with van der Waals surface area (Å²) < 4.78 is 25.1. The molecule has 1 heterocycles. The number of carbonyl (C=O) groups is 1. The summed E-state index contributed by atoms with van der Waals surface area (Å²) >= 11 is 0. The Morgan fingerprint density at radius 1 is 1.03 bits per heavy atom. The maximum Gasteiger partial charge on any atom is 0.420 e. The van der Waals surface area contributed by atoms with Gasteiger partial charge in [-0.1, -0.05) is 24.3 Å². The van der Waals surface area contributed by atoms with Crippen molar-refractivity contribution in [2.45, 2.75) is 19.5 Å². The molecule has 30 heavy (non-hydrogen) atoms. The molecule has 1 amide bonds. The summed E-state index contributed by atoms with van der Waals surface area (Å²) in [5.74, 6) is -0.0599. The number of nitrogens with zero attached hydrogens (tertiary/aromatic N) is 1. The summed E-state index contributed by atoms with van der Waals surface area (Å²) in [6, 6.07) is 19.2. The topological polar surface area (TPSA) is 73.5 Å². The molecule has 1 N–H and O–H groups in total. The Labute approximate surface area is 171 Å². The molecule has 3 aromatic carbocycles. The van der Waals surface area contributed by atoms with Gasteiger partial charge in [-0.3, -0.25) is 9.36 Å². The van der Waals surface area contributed by atoms with Crippen LogP contribution in [0.5, 0.6) is 11.5 Å². The van der Waals surface area contributed by atoms with E-state index in [1.54, 1.807) is 55.5 Å². The first kappa shape index (κ1) is 19.4. The molecule has 0 fully saturated rings. The smallest absolute Gasteiger partial charge is 0.420 e. The van der Waals surface area contributed by atoms with Crippen LogP contribution >= 0.6 is 0 Å². The molecule has 1 unspecified atom stereocenters. The number of hydrogen-bond acceptors (Lipinski definition) is 4. The zero-order valence-corrected chi connectivity index (χ0v) is 16.2. The van der Waals surface area contributed by atoms with Gasteiger partial charge in [-0.25, -0.2) is 9.18 Å². The Hall–Kier alpha value is -3.87. The number of oxazole rings is 1. The average molecular weight is 406 g/mol. The minimum Gasteiger partial charge on any atom is -0.457 e. The third-order valence-electron chi connectivity index (χ3n) is 4.72. The highest BCUT2D eigenvalue weighted by Crippen LogP contribution is 2.22. The van der Waals surface area contributed by atoms with E-state index < -0.39 is 11.8 Å². The van der Waals surface area contributed by atoms with Crippen LogP contribution in [-0.2, 0) is 11.3 Å². The number of ether oxygens (including phenoxy) is 1. The van der Waals surface area contributed by atoms with Gasteiger partial charge < -0.3 is 14.5 Å². The monoisotopic (exact) mass is 406 g/mol. The maximum atomic E-state index is 13.0. The van der Waals surface area contributed by atoms with Gasteiger partial charge in [0.2, 0.25) is 5.91 Å². The highest BCUT2D eigenvalue weighted by Gasteiger charge is 2.20. The Bertz CT molecular complexity index is 1230. The molecule has 1 atom stereocenters. The lowest BCUT2D eigenvalue weighted by atomic mass is 10.2. The van der Waals surface area contributed by atoms with Crippen molar-refractivity contribution >= 4 is 17.0 Å². The summed E-state index contributed by atoms with van der Waals surface area (Å²) in [7, 11) is 0. The molecule has 0 radical (unpaired) electrons. The molecule has 152 valence electrons. The summed E-state index contributed by atoms with van der Waals surface area (Å²) in [6.07, 6.45) is 0. The highest BCUT2D eigenvalue weighted by atomic mass is 19.1. The first-order valence-corrected chi connectivity index (χ1v) is 9.41. The Balaban J connectivity index is 1.39. The SMILES string of the molecule is CC(C(=O)NCc1ccc(Oc2ccc(F)cc2)cc1)n1c(=O)oc2ccccc21. The van der Waals surface area contributed by atoms with Gasteiger partial charge >= 0.3 is 5.76 Å². The van der Waals surface area contributed by atoms with Crippen LogP contribution in [0, 0.1) is 5.82 Å². The normalized spacial score (nSPS) is 11.9. The lowest BCUT2D eigenvalue weighted by Crippen LogP contribution is -2.34. The van der Waals surface area contributed by atoms with Crippen molar-refractivity contribution < 1.29 is 18.3 Å². The van der Waals surface area contributed by atoms with Gasteiger partial charge in [0.1, 0.15) is 23.4 Å². The predicted octanol–water partition coefficient (Wildman–Crippen LogP) is 4.40. The summed E-state index contributed by atoms with van der Waals surface area (Å²) in [5, 5.41) is 2.83. The van der Waals surface area contributed by atoms with E-state index in [0.717, 1.165) is 5.56 Å². The number of fused-ring (bicyclic) bond motifs is 1. The van der Waals surface area contributed by atoms with E-state index >= 15 is 0 Å². The van der Waals surface area contributed by atoms with E-state index in [2.05, 4.69) is 5.32 Å². The number of aromatic nitrogens is 1. The summed E-state index contributed by atoms with van der Waals surface area (Å²) in [4.78, 5) is 24.7. The minimum absolute atomic E-state index is 0.296. The molecule has 4 aromatic rings. The molecule has 7 heteroatoms. The van der Waals surface area contributed by atoms with Crippen molar-refractivity contribution in [2.75, 3.05) is 0 Å². The fourth-order valence-corrected chi connectivity index (χ4v) is 3.12. The average Bonchev–Trinajstić information content (AvgIpc) is 3.09. The van der Waals surface area contributed by atoms with Gasteiger partial charge in [-0.15, -0.1) is 0 Å². The summed E-state index contributed by atoms with van der Waals surface area (Å²) in [5.41, 5.74) is 1.89. The number of carbonyl (C=O) groups excluding carboxylic acids is 1. The second-order valence-corrected chi connectivity index (χ2v) is 6.80. The van der Waals surface area contributed by atoms with Crippen LogP contribution in [0.2, 0.25) is 0 Å². The molecule has 0 saturated heterocycles. The van der Waals surface area contributed by atoms with E-state index in [1.165, 1.54) is 16.7 Å². The molecule has 0 bridgehead atoms. The van der Waals surface area contributed by atoms with Crippen molar-refractivity contribution in [1.29, 1.82) is 0 Å². The molecular formula is C23H19FN2O4. The van der Waals surface area contributed by atoms with Crippen LogP contribution in [0.15, 0.2) is 82.0 Å². The molecule has 6 nitrogen and oxygen atoms in total. The Kier molecular flexibility index (Phi) is 5.34. The molecule has 4 rings (SSSR count). The standard InChI is InChI=1S/C23H19FN2O4/c1-15(26-20-4-2-3-5-21(20)30-23(26)28)22(27)25-14-16-6-10-18(11-7-16)29-19-12-8-17(24)9-13-19/h2-13,15H,14H2,1H3,(H,25,27). The molecule has 0 aliphatic carbocycles. The van der Waals surface area contributed by atoms with E-state index in [4.69, 9.17) is 9.15 Å². The van der Waals surface area contributed by atoms with Gasteiger partial charge in [0.05, 0.1) is 5.52 Å². The van der Waals surface area contributed by atoms with Gasteiger partial charge in [0, 0.05) is 6.54 Å². The number of para-hydroxylation sites is 2. The number of rotatable bonds is 6. The first-order valence-electron chi connectivity index (χ1n) is 9.41. The van der Waals surface area contributed by atoms with Crippen molar-refractivity contribution in [1.82, 2.24) is 9.88 Å². The zero-order valence-electron chi connectivity index (χ0n) is 16.2. The summed E-state index contributed by atoms with van der Waals surface area (Å²) in [6.45, 7) is 1.95. The quantitative estimate of drug-likeness (QED) is 0.515. The zero-order chi connectivity index (χ0) is 21.1. The minimum atomic E-state index is -0.720. The lowest BCUT2D eigenvalue weighted by Gasteiger charge is -2.13. The number of hydrogen-bond donors (Lipinski definition) is 1. The number of amides is 1. The van der Waals surface area contributed by atoms with E-state index in [9.17, 15) is 14.0 Å². The van der Waals surface area contributed by atoms with Crippen molar-refractivity contribution in [3.05, 3.63) is 94.7 Å². The molecule has 0 aliphatic rings. The molecule has 0 saturated carbocycles. The second kappa shape index (κ2) is 8.24. The Morgan fingerprint density at radius 2 is 1.67 bits per heavy atom.